The first-order chi connectivity index (χ1) is 17.8. The summed E-state index contributed by atoms with van der Waals surface area (Å²) in [6.45, 7) is -1.16. The van der Waals surface area contributed by atoms with Gasteiger partial charge in [-0.2, -0.15) is 13.2 Å². The number of alkyl halides is 3. The topological polar surface area (TPSA) is 82.8 Å². The number of hydrogen-bond donors (Lipinski definition) is 1. The van der Waals surface area contributed by atoms with Crippen LogP contribution in [0.5, 0.6) is 17.2 Å². The van der Waals surface area contributed by atoms with E-state index in [2.05, 4.69) is 10.3 Å². The first-order valence-electron chi connectivity index (χ1n) is 11.2. The Morgan fingerprint density at radius 2 is 1.70 bits per heavy atom. The molecule has 0 saturated carbocycles. The number of carbonyl (C=O) groups excluding carboxylic acids is 1. The molecule has 3 aromatic carbocycles. The van der Waals surface area contributed by atoms with Crippen molar-refractivity contribution in [2.45, 2.75) is 19.3 Å². The van der Waals surface area contributed by atoms with Crippen LogP contribution in [0.25, 0.3) is 11.5 Å². The largest absolute Gasteiger partial charge is 0.493 e. The van der Waals surface area contributed by atoms with Crippen LogP contribution < -0.4 is 19.5 Å². The molecular formula is C27H23F3N2O5. The van der Waals surface area contributed by atoms with Gasteiger partial charge in [-0.15, -0.1) is 0 Å². The van der Waals surface area contributed by atoms with Crippen molar-refractivity contribution in [2.24, 2.45) is 0 Å². The molecule has 0 aliphatic rings. The number of nitrogens with zero attached hydrogens (tertiary/aromatic N) is 1. The summed E-state index contributed by atoms with van der Waals surface area (Å²) in [7, 11) is 1.54. The van der Waals surface area contributed by atoms with E-state index >= 15 is 0 Å². The predicted molar refractivity (Wildman–Crippen MR) is 128 cm³/mol. The minimum Gasteiger partial charge on any atom is -0.493 e. The number of para-hydroxylation sites is 1. The second kappa shape index (κ2) is 11.5. The monoisotopic (exact) mass is 512 g/mol. The number of oxazole rings is 1. The van der Waals surface area contributed by atoms with E-state index in [1.807, 2.05) is 30.3 Å². The zero-order chi connectivity index (χ0) is 26.3. The van der Waals surface area contributed by atoms with Crippen molar-refractivity contribution >= 4 is 5.91 Å². The normalized spacial score (nSPS) is 11.1. The highest BCUT2D eigenvalue weighted by Gasteiger charge is 2.29. The molecule has 10 heteroatoms. The molecule has 0 aliphatic heterocycles. The molecule has 1 N–H and O–H groups in total. The van der Waals surface area contributed by atoms with E-state index in [4.69, 9.17) is 18.6 Å². The first kappa shape index (κ1) is 25.6. The molecule has 4 rings (SSSR count). The van der Waals surface area contributed by atoms with Gasteiger partial charge in [0.15, 0.2) is 18.1 Å². The molecule has 0 atom stereocenters. The molecule has 4 aromatic rings. The lowest BCUT2D eigenvalue weighted by molar-refractivity contribution is -0.153. The quantitative estimate of drug-likeness (QED) is 0.289. The molecule has 0 unspecified atom stereocenters. The highest BCUT2D eigenvalue weighted by Crippen LogP contribution is 2.33. The Balaban J connectivity index is 1.41. The maximum absolute atomic E-state index is 12.6. The SMILES string of the molecule is COc1ccc(-c2nc(CNC(=O)c3ccccc3OCC(F)(F)F)co2)cc1OCc1ccccc1. The highest BCUT2D eigenvalue weighted by atomic mass is 19.4. The Morgan fingerprint density at radius 1 is 0.946 bits per heavy atom. The van der Waals surface area contributed by atoms with E-state index in [1.54, 1.807) is 25.3 Å². The van der Waals surface area contributed by atoms with Crippen LogP contribution in [0.3, 0.4) is 0 Å². The standard InChI is InChI=1S/C27H23F3N2O5/c1-34-23-12-11-19(13-24(23)35-15-18-7-3-2-4-8-18)26-32-20(16-36-26)14-31-25(33)21-9-5-6-10-22(21)37-17-27(28,29)30/h2-13,16H,14-15,17H2,1H3,(H,31,33). The summed E-state index contributed by atoms with van der Waals surface area (Å²) in [5, 5.41) is 2.62. The molecular weight excluding hydrogens is 489 g/mol. The summed E-state index contributed by atoms with van der Waals surface area (Å²) in [6.07, 6.45) is -3.13. The number of hydrogen-bond acceptors (Lipinski definition) is 6. The van der Waals surface area contributed by atoms with E-state index in [0.717, 1.165) is 5.56 Å². The molecule has 0 spiro atoms. The fourth-order valence-corrected chi connectivity index (χ4v) is 3.38. The third-order valence-electron chi connectivity index (χ3n) is 5.15. The summed E-state index contributed by atoms with van der Waals surface area (Å²) >= 11 is 0. The lowest BCUT2D eigenvalue weighted by Crippen LogP contribution is -2.25. The number of ether oxygens (including phenoxy) is 3. The molecule has 0 bridgehead atoms. The fourth-order valence-electron chi connectivity index (χ4n) is 3.38. The number of rotatable bonds is 10. The zero-order valence-electron chi connectivity index (χ0n) is 19.7. The second-order valence-corrected chi connectivity index (χ2v) is 7.87. The molecule has 1 heterocycles. The molecule has 0 fully saturated rings. The van der Waals surface area contributed by atoms with Crippen LogP contribution in [0.1, 0.15) is 21.6 Å². The van der Waals surface area contributed by atoms with Gasteiger partial charge in [0.25, 0.3) is 5.91 Å². The number of methoxy groups -OCH3 is 1. The van der Waals surface area contributed by atoms with Gasteiger partial charge in [0.05, 0.1) is 24.9 Å². The Kier molecular flexibility index (Phi) is 7.97. The summed E-state index contributed by atoms with van der Waals surface area (Å²) in [5.41, 5.74) is 2.02. The summed E-state index contributed by atoms with van der Waals surface area (Å²) in [6, 6.07) is 20.6. The van der Waals surface area contributed by atoms with E-state index in [0.29, 0.717) is 35.3 Å². The average Bonchev–Trinajstić information content (AvgIpc) is 3.38. The maximum atomic E-state index is 12.6. The maximum Gasteiger partial charge on any atom is 0.422 e. The molecule has 37 heavy (non-hydrogen) atoms. The Hall–Kier alpha value is -4.47. The first-order valence-corrected chi connectivity index (χ1v) is 11.2. The smallest absolute Gasteiger partial charge is 0.422 e. The number of benzene rings is 3. The van der Waals surface area contributed by atoms with Crippen LogP contribution in [0.2, 0.25) is 0 Å². The lowest BCUT2D eigenvalue weighted by atomic mass is 10.2. The van der Waals surface area contributed by atoms with Crippen LogP contribution >= 0.6 is 0 Å². The van der Waals surface area contributed by atoms with E-state index in [-0.39, 0.29) is 17.9 Å². The molecule has 0 radical (unpaired) electrons. The number of halogens is 3. The minimum absolute atomic E-state index is 0.0105. The van der Waals surface area contributed by atoms with Crippen molar-refractivity contribution < 1.29 is 36.6 Å². The Bertz CT molecular complexity index is 1340. The third kappa shape index (κ3) is 7.03. The van der Waals surface area contributed by atoms with Crippen LogP contribution in [-0.4, -0.2) is 30.8 Å². The number of nitrogens with one attached hydrogen (secondary N) is 1. The van der Waals surface area contributed by atoms with Gasteiger partial charge in [0, 0.05) is 5.56 Å². The molecule has 0 aliphatic carbocycles. The number of aromatic nitrogens is 1. The average molecular weight is 512 g/mol. The number of amides is 1. The van der Waals surface area contributed by atoms with Crippen LogP contribution in [0.15, 0.2) is 83.5 Å². The van der Waals surface area contributed by atoms with Crippen molar-refractivity contribution in [3.05, 3.63) is 95.9 Å². The van der Waals surface area contributed by atoms with Gasteiger partial charge in [0.2, 0.25) is 5.89 Å². The molecule has 7 nitrogen and oxygen atoms in total. The van der Waals surface area contributed by atoms with Crippen LogP contribution in [-0.2, 0) is 13.2 Å². The molecule has 1 amide bonds. The highest BCUT2D eigenvalue weighted by molar-refractivity contribution is 5.96. The fraction of sp³-hybridized carbons (Fsp3) is 0.185. The summed E-state index contributed by atoms with van der Waals surface area (Å²) < 4.78 is 59.2. The predicted octanol–water partition coefficient (Wildman–Crippen LogP) is 5.80. The van der Waals surface area contributed by atoms with Crippen LogP contribution in [0.4, 0.5) is 13.2 Å². The van der Waals surface area contributed by atoms with Gasteiger partial charge < -0.3 is 23.9 Å². The van der Waals surface area contributed by atoms with E-state index < -0.39 is 18.7 Å². The van der Waals surface area contributed by atoms with Gasteiger partial charge >= 0.3 is 6.18 Å². The van der Waals surface area contributed by atoms with Crippen molar-refractivity contribution in [2.75, 3.05) is 13.7 Å². The van der Waals surface area contributed by atoms with Gasteiger partial charge in [0.1, 0.15) is 18.6 Å². The van der Waals surface area contributed by atoms with Crippen molar-refractivity contribution in [1.29, 1.82) is 0 Å². The summed E-state index contributed by atoms with van der Waals surface area (Å²) in [5.74, 6) is 0.575. The third-order valence-corrected chi connectivity index (χ3v) is 5.15. The van der Waals surface area contributed by atoms with E-state index in [1.165, 1.54) is 30.5 Å². The van der Waals surface area contributed by atoms with E-state index in [9.17, 15) is 18.0 Å². The Morgan fingerprint density at radius 3 is 2.46 bits per heavy atom. The summed E-state index contributed by atoms with van der Waals surface area (Å²) in [4.78, 5) is 17.0. The van der Waals surface area contributed by atoms with Gasteiger partial charge in [-0.1, -0.05) is 42.5 Å². The van der Waals surface area contributed by atoms with Crippen molar-refractivity contribution in [3.8, 4) is 28.7 Å². The number of carbonyl (C=O) groups is 1. The molecule has 1 aromatic heterocycles. The van der Waals surface area contributed by atoms with Gasteiger partial charge in [-0.3, -0.25) is 4.79 Å². The Labute approximate surface area is 210 Å². The lowest BCUT2D eigenvalue weighted by Gasteiger charge is -2.12. The van der Waals surface area contributed by atoms with Crippen molar-refractivity contribution in [1.82, 2.24) is 10.3 Å². The van der Waals surface area contributed by atoms with Crippen LogP contribution in [0, 0.1) is 0 Å². The van der Waals surface area contributed by atoms with Gasteiger partial charge in [-0.05, 0) is 35.9 Å². The second-order valence-electron chi connectivity index (χ2n) is 7.87. The molecule has 0 saturated heterocycles. The zero-order valence-corrected chi connectivity index (χ0v) is 19.7. The minimum atomic E-state index is -4.52. The van der Waals surface area contributed by atoms with Gasteiger partial charge in [-0.25, -0.2) is 4.98 Å². The molecule has 192 valence electrons. The van der Waals surface area contributed by atoms with Crippen molar-refractivity contribution in [3.63, 3.8) is 0 Å².